The zero-order valence-electron chi connectivity index (χ0n) is 13.7. The van der Waals surface area contributed by atoms with E-state index in [0.29, 0.717) is 5.69 Å². The van der Waals surface area contributed by atoms with E-state index < -0.39 is 0 Å². The predicted octanol–water partition coefficient (Wildman–Crippen LogP) is 3.64. The van der Waals surface area contributed by atoms with Crippen molar-refractivity contribution in [1.82, 2.24) is 14.9 Å². The molecule has 3 heterocycles. The van der Waals surface area contributed by atoms with Crippen LogP contribution in [0.2, 0.25) is 0 Å². The van der Waals surface area contributed by atoms with Crippen molar-refractivity contribution in [3.05, 3.63) is 46.4 Å². The normalized spacial score (nSPS) is 18.5. The summed E-state index contributed by atoms with van der Waals surface area (Å²) in [5.41, 5.74) is 0.387. The molecule has 0 saturated carbocycles. The van der Waals surface area contributed by atoms with Crippen molar-refractivity contribution >= 4 is 23.3 Å². The quantitative estimate of drug-likeness (QED) is 0.850. The van der Waals surface area contributed by atoms with Crippen LogP contribution in [0, 0.1) is 0 Å². The van der Waals surface area contributed by atoms with Gasteiger partial charge in [0.25, 0.3) is 5.91 Å². The van der Waals surface area contributed by atoms with Crippen LogP contribution in [0.25, 0.3) is 6.08 Å². The summed E-state index contributed by atoms with van der Waals surface area (Å²) in [5, 5.41) is 2.06. The van der Waals surface area contributed by atoms with Gasteiger partial charge in [0.2, 0.25) is 0 Å². The van der Waals surface area contributed by atoms with Crippen molar-refractivity contribution < 1.29 is 9.53 Å². The highest BCUT2D eigenvalue weighted by atomic mass is 32.1. The summed E-state index contributed by atoms with van der Waals surface area (Å²) in [7, 11) is 1.50. The van der Waals surface area contributed by atoms with E-state index in [1.165, 1.54) is 12.0 Å². The van der Waals surface area contributed by atoms with E-state index in [1.807, 2.05) is 11.0 Å². The van der Waals surface area contributed by atoms with Crippen LogP contribution < -0.4 is 4.74 Å². The number of thiophene rings is 1. The lowest BCUT2D eigenvalue weighted by Gasteiger charge is -2.27. The van der Waals surface area contributed by atoms with E-state index in [1.54, 1.807) is 23.6 Å². The Morgan fingerprint density at radius 1 is 1.38 bits per heavy atom. The summed E-state index contributed by atoms with van der Waals surface area (Å²) >= 11 is 1.70. The molecular formula is C18H21N3O2S. The van der Waals surface area contributed by atoms with Crippen molar-refractivity contribution in [2.45, 2.75) is 31.7 Å². The van der Waals surface area contributed by atoms with Gasteiger partial charge in [-0.3, -0.25) is 4.79 Å². The fourth-order valence-electron chi connectivity index (χ4n) is 2.88. The number of hydrogen-bond acceptors (Lipinski definition) is 5. The standard InChI is InChI=1S/C18H21N3O2S/c1-23-18-19-11-10-16(20-18)17(22)21-12-4-2-3-6-14(21)8-9-15-7-5-13-24-15/h5,7-11,13-14H,2-4,6,12H2,1H3/b9-8+. The Morgan fingerprint density at radius 2 is 2.29 bits per heavy atom. The molecule has 2 aromatic heterocycles. The maximum atomic E-state index is 12.9. The second-order valence-corrected chi connectivity index (χ2v) is 6.70. The van der Waals surface area contributed by atoms with Gasteiger partial charge in [-0.25, -0.2) is 4.98 Å². The Balaban J connectivity index is 1.82. The van der Waals surface area contributed by atoms with Crippen LogP contribution >= 0.6 is 11.3 Å². The van der Waals surface area contributed by atoms with Crippen molar-refractivity contribution in [1.29, 1.82) is 0 Å². The zero-order valence-corrected chi connectivity index (χ0v) is 14.5. The van der Waals surface area contributed by atoms with E-state index in [9.17, 15) is 4.79 Å². The van der Waals surface area contributed by atoms with Crippen LogP contribution in [0.15, 0.2) is 35.9 Å². The second kappa shape index (κ2) is 8.06. The third kappa shape index (κ3) is 4.00. The van der Waals surface area contributed by atoms with Gasteiger partial charge in [-0.15, -0.1) is 11.3 Å². The molecule has 24 heavy (non-hydrogen) atoms. The topological polar surface area (TPSA) is 55.3 Å². The molecule has 1 aliphatic heterocycles. The van der Waals surface area contributed by atoms with Crippen molar-refractivity contribution in [3.63, 3.8) is 0 Å². The van der Waals surface area contributed by atoms with Gasteiger partial charge in [0.05, 0.1) is 13.2 Å². The minimum atomic E-state index is -0.0570. The van der Waals surface area contributed by atoms with Crippen LogP contribution in [0.4, 0.5) is 0 Å². The number of hydrogen-bond donors (Lipinski definition) is 0. The SMILES string of the molecule is COc1nccc(C(=O)N2CCCCCC2/C=C/c2cccs2)n1. The van der Waals surface area contributed by atoms with Gasteiger partial charge in [-0.05, 0) is 36.4 Å². The highest BCUT2D eigenvalue weighted by Crippen LogP contribution is 2.22. The third-order valence-electron chi connectivity index (χ3n) is 4.12. The van der Waals surface area contributed by atoms with Crippen molar-refractivity contribution in [2.75, 3.05) is 13.7 Å². The molecule has 1 fully saturated rings. The number of aromatic nitrogens is 2. The van der Waals surface area contributed by atoms with E-state index in [0.717, 1.165) is 32.2 Å². The van der Waals surface area contributed by atoms with E-state index in [-0.39, 0.29) is 18.0 Å². The highest BCUT2D eigenvalue weighted by molar-refractivity contribution is 7.10. The number of rotatable bonds is 4. The monoisotopic (exact) mass is 343 g/mol. The maximum Gasteiger partial charge on any atom is 0.316 e. The molecule has 2 aromatic rings. The zero-order chi connectivity index (χ0) is 16.8. The fraction of sp³-hybridized carbons (Fsp3) is 0.389. The Morgan fingerprint density at radius 3 is 3.08 bits per heavy atom. The van der Waals surface area contributed by atoms with Gasteiger partial charge in [0.1, 0.15) is 5.69 Å². The van der Waals surface area contributed by atoms with Crippen LogP contribution in [0.3, 0.4) is 0 Å². The summed E-state index contributed by atoms with van der Waals surface area (Å²) in [5.74, 6) is -0.0570. The smallest absolute Gasteiger partial charge is 0.316 e. The Hall–Kier alpha value is -2.21. The summed E-state index contributed by atoms with van der Waals surface area (Å²) < 4.78 is 5.03. The second-order valence-electron chi connectivity index (χ2n) is 5.72. The predicted molar refractivity (Wildman–Crippen MR) is 95.2 cm³/mol. The molecule has 1 unspecified atom stereocenters. The average molecular weight is 343 g/mol. The van der Waals surface area contributed by atoms with Crippen molar-refractivity contribution in [2.24, 2.45) is 0 Å². The fourth-order valence-corrected chi connectivity index (χ4v) is 3.51. The molecule has 1 saturated heterocycles. The Labute approximate surface area is 146 Å². The lowest BCUT2D eigenvalue weighted by Crippen LogP contribution is -2.39. The minimum absolute atomic E-state index is 0.0570. The lowest BCUT2D eigenvalue weighted by atomic mass is 10.1. The summed E-state index contributed by atoms with van der Waals surface area (Å²) in [6.45, 7) is 0.755. The summed E-state index contributed by atoms with van der Waals surface area (Å²) in [4.78, 5) is 24.2. The number of ether oxygens (including phenoxy) is 1. The number of likely N-dealkylation sites (tertiary alicyclic amines) is 1. The molecular weight excluding hydrogens is 322 g/mol. The maximum absolute atomic E-state index is 12.9. The molecule has 6 heteroatoms. The number of carbonyl (C=O) groups is 1. The first-order chi connectivity index (χ1) is 11.8. The van der Waals surface area contributed by atoms with Gasteiger partial charge >= 0.3 is 6.01 Å². The van der Waals surface area contributed by atoms with Crippen molar-refractivity contribution in [3.8, 4) is 6.01 Å². The van der Waals surface area contributed by atoms with E-state index >= 15 is 0 Å². The molecule has 0 spiro atoms. The molecule has 1 atom stereocenters. The first-order valence-corrected chi connectivity index (χ1v) is 9.05. The van der Waals surface area contributed by atoms with Crippen LogP contribution in [-0.2, 0) is 0 Å². The Bertz CT molecular complexity index is 700. The first kappa shape index (κ1) is 16.6. The van der Waals surface area contributed by atoms with Gasteiger partial charge in [-0.1, -0.05) is 25.0 Å². The van der Waals surface area contributed by atoms with Gasteiger partial charge in [0.15, 0.2) is 0 Å². The summed E-state index contributed by atoms with van der Waals surface area (Å²) in [6, 6.07) is 6.09. The van der Waals surface area contributed by atoms with Crippen LogP contribution in [0.1, 0.15) is 41.0 Å². The average Bonchev–Trinajstić information content (AvgIpc) is 3.03. The molecule has 5 nitrogen and oxygen atoms in total. The van der Waals surface area contributed by atoms with E-state index in [4.69, 9.17) is 4.74 Å². The van der Waals surface area contributed by atoms with Crippen LogP contribution in [0.5, 0.6) is 6.01 Å². The van der Waals surface area contributed by atoms with Crippen LogP contribution in [-0.4, -0.2) is 40.5 Å². The number of amides is 1. The molecule has 0 aromatic carbocycles. The Kier molecular flexibility index (Phi) is 5.59. The number of nitrogens with zero attached hydrogens (tertiary/aromatic N) is 3. The molecule has 1 aliphatic rings. The molecule has 3 rings (SSSR count). The molecule has 0 aliphatic carbocycles. The van der Waals surface area contributed by atoms with Gasteiger partial charge in [-0.2, -0.15) is 4.98 Å². The minimum Gasteiger partial charge on any atom is -0.467 e. The molecule has 1 amide bonds. The largest absolute Gasteiger partial charge is 0.467 e. The first-order valence-electron chi connectivity index (χ1n) is 8.17. The van der Waals surface area contributed by atoms with Gasteiger partial charge in [0, 0.05) is 17.6 Å². The molecule has 126 valence electrons. The van der Waals surface area contributed by atoms with E-state index in [2.05, 4.69) is 33.6 Å². The molecule has 0 bridgehead atoms. The third-order valence-corrected chi connectivity index (χ3v) is 4.96. The number of methoxy groups -OCH3 is 1. The summed E-state index contributed by atoms with van der Waals surface area (Å²) in [6.07, 6.45) is 10.1. The highest BCUT2D eigenvalue weighted by Gasteiger charge is 2.25. The number of carbonyl (C=O) groups excluding carboxylic acids is 1. The van der Waals surface area contributed by atoms with Gasteiger partial charge < -0.3 is 9.64 Å². The molecule has 0 radical (unpaired) electrons. The molecule has 0 N–H and O–H groups in total. The lowest BCUT2D eigenvalue weighted by molar-refractivity contribution is 0.0711.